The van der Waals surface area contributed by atoms with Gasteiger partial charge in [0.25, 0.3) is 0 Å². The zero-order valence-electron chi connectivity index (χ0n) is 6.99. The zero-order valence-corrected chi connectivity index (χ0v) is 6.99. The van der Waals surface area contributed by atoms with Gasteiger partial charge in [0.2, 0.25) is 0 Å². The average molecular weight is 147 g/mol. The first-order chi connectivity index (χ1) is 5.30. The maximum Gasteiger partial charge on any atom is 0.0428 e. The van der Waals surface area contributed by atoms with Gasteiger partial charge in [-0.2, -0.15) is 0 Å². The van der Waals surface area contributed by atoms with Crippen molar-refractivity contribution in [1.82, 2.24) is 0 Å². The smallest absolute Gasteiger partial charge is 0.0428 e. The first-order valence-electron chi connectivity index (χ1n) is 3.88. The summed E-state index contributed by atoms with van der Waals surface area (Å²) < 4.78 is 0. The van der Waals surface area contributed by atoms with Crippen molar-refractivity contribution in [3.63, 3.8) is 0 Å². The van der Waals surface area contributed by atoms with Crippen molar-refractivity contribution in [1.29, 1.82) is 0 Å². The van der Waals surface area contributed by atoms with Gasteiger partial charge in [0.1, 0.15) is 0 Å². The molecule has 1 aliphatic rings. The van der Waals surface area contributed by atoms with E-state index in [1.54, 1.807) is 0 Å². The van der Waals surface area contributed by atoms with Gasteiger partial charge in [-0.3, -0.25) is 4.99 Å². The minimum atomic E-state index is 0.502. The highest BCUT2D eigenvalue weighted by Gasteiger charge is 1.98. The maximum atomic E-state index is 4.28. The van der Waals surface area contributed by atoms with Crippen molar-refractivity contribution in [3.05, 3.63) is 36.6 Å². The first-order valence-corrected chi connectivity index (χ1v) is 3.88. The topological polar surface area (TPSA) is 12.4 Å². The molecule has 11 heavy (non-hydrogen) atoms. The Kier molecular flexibility index (Phi) is 2.84. The fourth-order valence-corrected chi connectivity index (χ4v) is 0.846. The molecule has 0 amide bonds. The Balaban J connectivity index is 2.78. The third kappa shape index (κ3) is 2.54. The lowest BCUT2D eigenvalue weighted by atomic mass is 10.1. The van der Waals surface area contributed by atoms with Gasteiger partial charge in [-0.1, -0.05) is 32.1 Å². The summed E-state index contributed by atoms with van der Waals surface area (Å²) in [6.07, 6.45) is 11.8. The van der Waals surface area contributed by atoms with Crippen molar-refractivity contribution < 1.29 is 0 Å². The molecule has 0 bridgehead atoms. The molecule has 1 rings (SSSR count). The zero-order chi connectivity index (χ0) is 8.10. The Labute approximate surface area is 67.8 Å². The van der Waals surface area contributed by atoms with E-state index >= 15 is 0 Å². The van der Waals surface area contributed by atoms with Gasteiger partial charge in [0.15, 0.2) is 0 Å². The number of hydrogen-bond acceptors (Lipinski definition) is 1. The van der Waals surface area contributed by atoms with E-state index in [4.69, 9.17) is 0 Å². The Morgan fingerprint density at radius 3 is 2.55 bits per heavy atom. The fraction of sp³-hybridized carbons (Fsp3) is 0.300. The second-order valence-corrected chi connectivity index (χ2v) is 2.79. The van der Waals surface area contributed by atoms with E-state index < -0.39 is 0 Å². The van der Waals surface area contributed by atoms with E-state index in [9.17, 15) is 0 Å². The third-order valence-electron chi connectivity index (χ3n) is 1.50. The van der Waals surface area contributed by atoms with Crippen LogP contribution >= 0.6 is 0 Å². The van der Waals surface area contributed by atoms with Crippen LogP contribution in [0.4, 0.5) is 0 Å². The summed E-state index contributed by atoms with van der Waals surface area (Å²) in [6.45, 7) is 4.28. The van der Waals surface area contributed by atoms with Crippen LogP contribution in [-0.4, -0.2) is 5.71 Å². The van der Waals surface area contributed by atoms with Crippen LogP contribution < -0.4 is 0 Å². The monoisotopic (exact) mass is 147 g/mol. The normalized spacial score (nSPS) is 22.3. The largest absolute Gasteiger partial charge is 0.261 e. The molecule has 58 valence electrons. The molecule has 1 aliphatic heterocycles. The molecule has 0 aromatic heterocycles. The average Bonchev–Trinajstić information content (AvgIpc) is 1.84. The lowest BCUT2D eigenvalue weighted by molar-refractivity contribution is 0.888. The van der Waals surface area contributed by atoms with Crippen LogP contribution in [0.15, 0.2) is 41.6 Å². The molecule has 1 heteroatoms. The standard InChI is InChI=1S/C10H13N/c1-9(2)10-7-5-3-4-6-8-11-10/h3-9H,1-2H3/b4-3-,5-3?,6-4?,7-5?,8-6+,10-7?,11-8?,11-10?. The van der Waals surface area contributed by atoms with E-state index in [1.807, 2.05) is 36.6 Å². The lowest BCUT2D eigenvalue weighted by Gasteiger charge is -2.02. The van der Waals surface area contributed by atoms with Crippen LogP contribution in [0.5, 0.6) is 0 Å². The summed E-state index contributed by atoms with van der Waals surface area (Å²) in [5, 5.41) is 0. The van der Waals surface area contributed by atoms with Gasteiger partial charge in [-0.15, -0.1) is 0 Å². The molecule has 0 N–H and O–H groups in total. The molecule has 1 nitrogen and oxygen atoms in total. The van der Waals surface area contributed by atoms with Gasteiger partial charge in [-0.05, 0) is 18.1 Å². The van der Waals surface area contributed by atoms with Crippen LogP contribution in [0.25, 0.3) is 0 Å². The van der Waals surface area contributed by atoms with Crippen LogP contribution in [0.2, 0.25) is 0 Å². The Morgan fingerprint density at radius 1 is 1.09 bits per heavy atom. The van der Waals surface area contributed by atoms with Crippen LogP contribution in [0, 0.1) is 5.92 Å². The molecule has 0 unspecified atom stereocenters. The van der Waals surface area contributed by atoms with E-state index in [2.05, 4.69) is 18.8 Å². The van der Waals surface area contributed by atoms with Crippen molar-refractivity contribution in [2.45, 2.75) is 13.8 Å². The lowest BCUT2D eigenvalue weighted by Crippen LogP contribution is -2.02. The predicted molar refractivity (Wildman–Crippen MR) is 49.7 cm³/mol. The Morgan fingerprint density at radius 2 is 1.82 bits per heavy atom. The second kappa shape index (κ2) is 3.91. The molecule has 0 aromatic carbocycles. The van der Waals surface area contributed by atoms with Gasteiger partial charge in [0, 0.05) is 11.9 Å². The molecule has 0 fully saturated rings. The summed E-state index contributed by atoms with van der Waals surface area (Å²) in [5.74, 6) is 0.502. The summed E-state index contributed by atoms with van der Waals surface area (Å²) in [4.78, 5) is 4.28. The number of rotatable bonds is 1. The summed E-state index contributed by atoms with van der Waals surface area (Å²) in [6, 6.07) is 0. The van der Waals surface area contributed by atoms with Gasteiger partial charge >= 0.3 is 0 Å². The van der Waals surface area contributed by atoms with E-state index in [-0.39, 0.29) is 0 Å². The van der Waals surface area contributed by atoms with Crippen LogP contribution in [-0.2, 0) is 0 Å². The van der Waals surface area contributed by atoms with Crippen molar-refractivity contribution in [2.24, 2.45) is 10.9 Å². The molecule has 1 heterocycles. The highest BCUT2D eigenvalue weighted by atomic mass is 14.7. The number of aliphatic imine (C=N–C) groups is 1. The number of hydrogen-bond donors (Lipinski definition) is 0. The number of nitrogens with zero attached hydrogens (tertiary/aromatic N) is 1. The van der Waals surface area contributed by atoms with Crippen LogP contribution in [0.3, 0.4) is 0 Å². The number of allylic oxidation sites excluding steroid dienone is 5. The van der Waals surface area contributed by atoms with E-state index in [0.29, 0.717) is 5.92 Å². The van der Waals surface area contributed by atoms with Crippen LogP contribution in [0.1, 0.15) is 13.8 Å². The molecular weight excluding hydrogens is 134 g/mol. The van der Waals surface area contributed by atoms with E-state index in [0.717, 1.165) is 5.71 Å². The van der Waals surface area contributed by atoms with E-state index in [1.165, 1.54) is 0 Å². The third-order valence-corrected chi connectivity index (χ3v) is 1.50. The molecular formula is C10H13N. The predicted octanol–water partition coefficient (Wildman–Crippen LogP) is 2.72. The Hall–Kier alpha value is -1.11. The maximum absolute atomic E-state index is 4.28. The van der Waals surface area contributed by atoms with Gasteiger partial charge in [-0.25, -0.2) is 0 Å². The SMILES string of the molecule is CC(C)C1=N/C=C/C=C\C=C1. The van der Waals surface area contributed by atoms with Crippen molar-refractivity contribution in [3.8, 4) is 0 Å². The highest BCUT2D eigenvalue weighted by molar-refractivity contribution is 5.97. The minimum Gasteiger partial charge on any atom is -0.261 e. The summed E-state index contributed by atoms with van der Waals surface area (Å²) in [5.41, 5.74) is 1.13. The Bertz CT molecular complexity index is 229. The fourth-order valence-electron chi connectivity index (χ4n) is 0.846. The molecule has 0 aromatic rings. The summed E-state index contributed by atoms with van der Waals surface area (Å²) >= 11 is 0. The van der Waals surface area contributed by atoms with Gasteiger partial charge in [0.05, 0.1) is 0 Å². The molecule has 0 saturated heterocycles. The summed E-state index contributed by atoms with van der Waals surface area (Å²) in [7, 11) is 0. The minimum absolute atomic E-state index is 0.502. The highest BCUT2D eigenvalue weighted by Crippen LogP contribution is 2.01. The van der Waals surface area contributed by atoms with Crippen molar-refractivity contribution >= 4 is 5.71 Å². The molecule has 0 radical (unpaired) electrons. The van der Waals surface area contributed by atoms with Crippen molar-refractivity contribution in [2.75, 3.05) is 0 Å². The quantitative estimate of drug-likeness (QED) is 0.540. The molecule has 0 saturated carbocycles. The van der Waals surface area contributed by atoms with Gasteiger partial charge < -0.3 is 0 Å². The molecule has 0 aliphatic carbocycles. The molecule has 0 atom stereocenters. The first kappa shape index (κ1) is 7.99. The molecule has 0 spiro atoms. The second-order valence-electron chi connectivity index (χ2n) is 2.79.